The molecular weight excluding hydrogens is 244 g/mol. The normalized spacial score (nSPS) is 14.5. The standard InChI is InChI=1S/C10H11BrN2O/c1-6(14)10(13)8-4-2-3-7(5-12)9(8)11/h2-4,6,10,14H,13H2,1H3/t6?,10-/m0/s1. The van der Waals surface area contributed by atoms with Gasteiger partial charge in [0.15, 0.2) is 0 Å². The summed E-state index contributed by atoms with van der Waals surface area (Å²) in [5.41, 5.74) is 7.05. The van der Waals surface area contributed by atoms with Gasteiger partial charge >= 0.3 is 0 Å². The van der Waals surface area contributed by atoms with Gasteiger partial charge in [-0.15, -0.1) is 0 Å². The van der Waals surface area contributed by atoms with E-state index in [1.807, 2.05) is 6.07 Å². The second-order valence-corrected chi connectivity index (χ2v) is 3.88. The number of hydrogen-bond acceptors (Lipinski definition) is 3. The van der Waals surface area contributed by atoms with Crippen molar-refractivity contribution in [2.24, 2.45) is 5.73 Å². The number of rotatable bonds is 2. The first kappa shape index (κ1) is 11.2. The molecule has 0 radical (unpaired) electrons. The summed E-state index contributed by atoms with van der Waals surface area (Å²) in [5, 5.41) is 18.1. The van der Waals surface area contributed by atoms with Crippen LogP contribution in [-0.4, -0.2) is 11.2 Å². The highest BCUT2D eigenvalue weighted by Crippen LogP contribution is 2.26. The van der Waals surface area contributed by atoms with Crippen LogP contribution >= 0.6 is 15.9 Å². The Balaban J connectivity index is 3.17. The van der Waals surface area contributed by atoms with E-state index in [0.29, 0.717) is 10.0 Å². The van der Waals surface area contributed by atoms with Crippen molar-refractivity contribution in [3.05, 3.63) is 33.8 Å². The Morgan fingerprint density at radius 3 is 2.71 bits per heavy atom. The van der Waals surface area contributed by atoms with Crippen LogP contribution in [0.15, 0.2) is 22.7 Å². The summed E-state index contributed by atoms with van der Waals surface area (Å²) in [7, 11) is 0. The minimum atomic E-state index is -0.639. The molecular formula is C10H11BrN2O. The molecule has 0 saturated carbocycles. The second-order valence-electron chi connectivity index (χ2n) is 3.09. The lowest BCUT2D eigenvalue weighted by Gasteiger charge is -2.16. The first-order chi connectivity index (χ1) is 6.57. The van der Waals surface area contributed by atoms with Gasteiger partial charge in [0.1, 0.15) is 6.07 Å². The molecule has 0 spiro atoms. The van der Waals surface area contributed by atoms with Crippen LogP contribution in [0.1, 0.15) is 24.1 Å². The maximum atomic E-state index is 9.33. The van der Waals surface area contributed by atoms with Crippen molar-refractivity contribution in [3.8, 4) is 6.07 Å². The fourth-order valence-electron chi connectivity index (χ4n) is 1.15. The van der Waals surface area contributed by atoms with Crippen molar-refractivity contribution in [1.82, 2.24) is 0 Å². The molecule has 4 heteroatoms. The van der Waals surface area contributed by atoms with Crippen molar-refractivity contribution in [2.75, 3.05) is 0 Å². The largest absolute Gasteiger partial charge is 0.391 e. The predicted octanol–water partition coefficient (Wildman–Crippen LogP) is 1.70. The van der Waals surface area contributed by atoms with Crippen molar-refractivity contribution in [3.63, 3.8) is 0 Å². The fraction of sp³-hybridized carbons (Fsp3) is 0.300. The smallest absolute Gasteiger partial charge is 0.100 e. The monoisotopic (exact) mass is 254 g/mol. The molecule has 1 unspecified atom stereocenters. The predicted molar refractivity (Wildman–Crippen MR) is 57.5 cm³/mol. The molecule has 74 valence electrons. The van der Waals surface area contributed by atoms with Gasteiger partial charge in [-0.1, -0.05) is 12.1 Å². The summed E-state index contributed by atoms with van der Waals surface area (Å²) in [4.78, 5) is 0. The second kappa shape index (κ2) is 4.56. The first-order valence-corrected chi connectivity index (χ1v) is 4.99. The van der Waals surface area contributed by atoms with E-state index >= 15 is 0 Å². The Kier molecular flexibility index (Phi) is 3.64. The fourth-order valence-corrected chi connectivity index (χ4v) is 1.77. The number of nitriles is 1. The maximum Gasteiger partial charge on any atom is 0.100 e. The van der Waals surface area contributed by atoms with Gasteiger partial charge in [-0.05, 0) is 34.5 Å². The minimum Gasteiger partial charge on any atom is -0.391 e. The van der Waals surface area contributed by atoms with E-state index in [2.05, 4.69) is 15.9 Å². The highest BCUT2D eigenvalue weighted by atomic mass is 79.9. The summed E-state index contributed by atoms with van der Waals surface area (Å²) in [5.74, 6) is 0. The van der Waals surface area contributed by atoms with Crippen LogP contribution in [0.4, 0.5) is 0 Å². The molecule has 0 heterocycles. The quantitative estimate of drug-likeness (QED) is 0.844. The molecule has 1 aromatic rings. The number of aliphatic hydroxyl groups is 1. The van der Waals surface area contributed by atoms with Gasteiger partial charge in [0.25, 0.3) is 0 Å². The average Bonchev–Trinajstić information content (AvgIpc) is 2.17. The highest BCUT2D eigenvalue weighted by Gasteiger charge is 2.16. The molecule has 0 aliphatic heterocycles. The van der Waals surface area contributed by atoms with E-state index in [0.717, 1.165) is 5.56 Å². The summed E-state index contributed by atoms with van der Waals surface area (Å²) in [6.45, 7) is 1.62. The van der Waals surface area contributed by atoms with Gasteiger partial charge in [-0.25, -0.2) is 0 Å². The molecule has 3 nitrogen and oxygen atoms in total. The lowest BCUT2D eigenvalue weighted by molar-refractivity contribution is 0.164. The Hall–Kier alpha value is -0.890. The third kappa shape index (κ3) is 2.13. The van der Waals surface area contributed by atoms with Crippen LogP contribution in [0.5, 0.6) is 0 Å². The maximum absolute atomic E-state index is 9.33. The third-order valence-electron chi connectivity index (χ3n) is 2.03. The van der Waals surface area contributed by atoms with Gasteiger partial charge in [0.2, 0.25) is 0 Å². The van der Waals surface area contributed by atoms with E-state index < -0.39 is 12.1 Å². The lowest BCUT2D eigenvalue weighted by atomic mass is 10.0. The van der Waals surface area contributed by atoms with Crippen LogP contribution in [0, 0.1) is 11.3 Å². The number of hydrogen-bond donors (Lipinski definition) is 2. The van der Waals surface area contributed by atoms with Gasteiger partial charge in [0.05, 0.1) is 17.7 Å². The lowest BCUT2D eigenvalue weighted by Crippen LogP contribution is -2.23. The van der Waals surface area contributed by atoms with Gasteiger partial charge in [-0.2, -0.15) is 5.26 Å². The number of benzene rings is 1. The molecule has 14 heavy (non-hydrogen) atoms. The van der Waals surface area contributed by atoms with E-state index in [-0.39, 0.29) is 0 Å². The number of nitrogens with zero attached hydrogens (tertiary/aromatic N) is 1. The SMILES string of the molecule is CC(O)[C@H](N)c1cccc(C#N)c1Br. The molecule has 3 N–H and O–H groups in total. The molecule has 0 fully saturated rings. The van der Waals surface area contributed by atoms with Crippen LogP contribution < -0.4 is 5.73 Å². The van der Waals surface area contributed by atoms with Crippen LogP contribution in [0.25, 0.3) is 0 Å². The molecule has 0 amide bonds. The number of halogens is 1. The van der Waals surface area contributed by atoms with Crippen LogP contribution in [0.3, 0.4) is 0 Å². The van der Waals surface area contributed by atoms with E-state index in [1.165, 1.54) is 0 Å². The van der Waals surface area contributed by atoms with Gasteiger partial charge in [-0.3, -0.25) is 0 Å². The zero-order chi connectivity index (χ0) is 10.7. The number of nitrogens with two attached hydrogens (primary N) is 1. The van der Waals surface area contributed by atoms with E-state index in [9.17, 15) is 5.11 Å². The summed E-state index contributed by atoms with van der Waals surface area (Å²) in [6, 6.07) is 6.81. The summed E-state index contributed by atoms with van der Waals surface area (Å²) in [6.07, 6.45) is -0.639. The van der Waals surface area contributed by atoms with Crippen molar-refractivity contribution >= 4 is 15.9 Å². The molecule has 0 aliphatic carbocycles. The molecule has 1 rings (SSSR count). The molecule has 0 aliphatic rings. The van der Waals surface area contributed by atoms with Crippen molar-refractivity contribution in [1.29, 1.82) is 5.26 Å². The van der Waals surface area contributed by atoms with Crippen molar-refractivity contribution < 1.29 is 5.11 Å². The van der Waals surface area contributed by atoms with Crippen LogP contribution in [0.2, 0.25) is 0 Å². The Morgan fingerprint density at radius 2 is 2.21 bits per heavy atom. The third-order valence-corrected chi connectivity index (χ3v) is 2.91. The van der Waals surface area contributed by atoms with Gasteiger partial charge < -0.3 is 10.8 Å². The minimum absolute atomic E-state index is 0.474. The number of aliphatic hydroxyl groups excluding tert-OH is 1. The van der Waals surface area contributed by atoms with Gasteiger partial charge in [0, 0.05) is 4.47 Å². The Bertz CT molecular complexity index is 371. The first-order valence-electron chi connectivity index (χ1n) is 4.20. The molecule has 2 atom stereocenters. The van der Waals surface area contributed by atoms with E-state index in [1.54, 1.807) is 25.1 Å². The Labute approximate surface area is 91.3 Å². The zero-order valence-electron chi connectivity index (χ0n) is 7.74. The topological polar surface area (TPSA) is 70.0 Å². The highest BCUT2D eigenvalue weighted by molar-refractivity contribution is 9.10. The summed E-state index contributed by atoms with van der Waals surface area (Å²) >= 11 is 3.30. The molecule has 0 aromatic heterocycles. The summed E-state index contributed by atoms with van der Waals surface area (Å²) < 4.78 is 0.663. The molecule has 0 bridgehead atoms. The molecule has 1 aromatic carbocycles. The molecule has 0 saturated heterocycles. The average molecular weight is 255 g/mol. The van der Waals surface area contributed by atoms with Crippen LogP contribution in [-0.2, 0) is 0 Å². The van der Waals surface area contributed by atoms with Crippen molar-refractivity contribution in [2.45, 2.75) is 19.1 Å². The Morgan fingerprint density at radius 1 is 1.57 bits per heavy atom. The van der Waals surface area contributed by atoms with E-state index in [4.69, 9.17) is 11.0 Å². The zero-order valence-corrected chi connectivity index (χ0v) is 9.32.